The Morgan fingerprint density at radius 3 is 2.69 bits per heavy atom. The van der Waals surface area contributed by atoms with Crippen LogP contribution >= 0.6 is 0 Å². The fourth-order valence-corrected chi connectivity index (χ4v) is 3.49. The molecule has 3 aromatic rings. The van der Waals surface area contributed by atoms with Crippen molar-refractivity contribution in [2.24, 2.45) is 0 Å². The highest BCUT2D eigenvalue weighted by Gasteiger charge is 2.29. The lowest BCUT2D eigenvalue weighted by Gasteiger charge is -2.31. The minimum Gasteiger partial charge on any atom is -0.497 e. The number of carbonyl (C=O) groups is 1. The lowest BCUT2D eigenvalue weighted by molar-refractivity contribution is 0.0707. The lowest BCUT2D eigenvalue weighted by Crippen LogP contribution is -2.38. The number of aromatic nitrogens is 3. The van der Waals surface area contributed by atoms with Crippen LogP contribution in [0.3, 0.4) is 0 Å². The van der Waals surface area contributed by atoms with Gasteiger partial charge < -0.3 is 18.9 Å². The van der Waals surface area contributed by atoms with E-state index in [0.717, 1.165) is 18.4 Å². The molecule has 1 aliphatic rings. The van der Waals surface area contributed by atoms with E-state index in [0.29, 0.717) is 41.9 Å². The number of rotatable bonds is 5. The van der Waals surface area contributed by atoms with E-state index in [-0.39, 0.29) is 11.8 Å². The third kappa shape index (κ3) is 3.91. The highest BCUT2D eigenvalue weighted by molar-refractivity contribution is 5.97. The Labute approximate surface area is 168 Å². The van der Waals surface area contributed by atoms with Crippen LogP contribution in [0.1, 0.15) is 34.9 Å². The monoisotopic (exact) mass is 394 g/mol. The van der Waals surface area contributed by atoms with Gasteiger partial charge in [-0.1, -0.05) is 5.16 Å². The Kier molecular flexibility index (Phi) is 5.41. The molecular weight excluding hydrogens is 372 g/mol. The van der Waals surface area contributed by atoms with Crippen molar-refractivity contribution < 1.29 is 18.8 Å². The zero-order valence-corrected chi connectivity index (χ0v) is 16.4. The maximum absolute atomic E-state index is 13.0. The van der Waals surface area contributed by atoms with Crippen LogP contribution in [0.25, 0.3) is 11.5 Å². The summed E-state index contributed by atoms with van der Waals surface area (Å²) < 4.78 is 16.0. The van der Waals surface area contributed by atoms with Crippen LogP contribution in [-0.2, 0) is 0 Å². The Bertz CT molecular complexity index is 981. The third-order valence-electron chi connectivity index (χ3n) is 5.14. The normalized spacial score (nSPS) is 14.6. The maximum Gasteiger partial charge on any atom is 0.259 e. The molecule has 0 unspecified atom stereocenters. The molecule has 0 aliphatic carbocycles. The van der Waals surface area contributed by atoms with Crippen LogP contribution in [-0.4, -0.2) is 53.2 Å². The summed E-state index contributed by atoms with van der Waals surface area (Å²) in [5.41, 5.74) is 1.33. The lowest BCUT2D eigenvalue weighted by atomic mass is 9.95. The second kappa shape index (κ2) is 8.30. The Hall–Kier alpha value is -3.42. The highest BCUT2D eigenvalue weighted by atomic mass is 16.5. The first-order chi connectivity index (χ1) is 14.2. The van der Waals surface area contributed by atoms with E-state index < -0.39 is 0 Å². The van der Waals surface area contributed by atoms with Crippen molar-refractivity contribution in [2.45, 2.75) is 18.8 Å². The van der Waals surface area contributed by atoms with Gasteiger partial charge in [0, 0.05) is 37.5 Å². The Morgan fingerprint density at radius 2 is 2.00 bits per heavy atom. The molecular formula is C21H22N4O4. The van der Waals surface area contributed by atoms with Gasteiger partial charge in [-0.2, -0.15) is 4.98 Å². The maximum atomic E-state index is 13.0. The van der Waals surface area contributed by atoms with Crippen molar-refractivity contribution in [2.75, 3.05) is 27.3 Å². The first kappa shape index (κ1) is 18.9. The molecule has 8 heteroatoms. The zero-order valence-electron chi connectivity index (χ0n) is 16.4. The van der Waals surface area contributed by atoms with Crippen molar-refractivity contribution in [1.82, 2.24) is 20.0 Å². The molecule has 0 bridgehead atoms. The fraction of sp³-hybridized carbons (Fsp3) is 0.333. The van der Waals surface area contributed by atoms with E-state index in [1.165, 1.54) is 0 Å². The molecule has 0 saturated carbocycles. The zero-order chi connectivity index (χ0) is 20.2. The number of nitrogens with zero attached hydrogens (tertiary/aromatic N) is 4. The SMILES string of the molecule is COc1ccc(C(=O)N2CCC(c3noc(-c4cccnc4)n3)CC2)c(OC)c1. The molecule has 150 valence electrons. The number of methoxy groups -OCH3 is 2. The largest absolute Gasteiger partial charge is 0.497 e. The van der Waals surface area contributed by atoms with E-state index in [1.807, 2.05) is 17.0 Å². The van der Waals surface area contributed by atoms with Gasteiger partial charge in [0.25, 0.3) is 11.8 Å². The number of carbonyl (C=O) groups excluding carboxylic acids is 1. The van der Waals surface area contributed by atoms with Gasteiger partial charge in [-0.25, -0.2) is 0 Å². The number of pyridine rings is 1. The molecule has 4 rings (SSSR count). The van der Waals surface area contributed by atoms with Crippen LogP contribution < -0.4 is 9.47 Å². The van der Waals surface area contributed by atoms with E-state index in [1.54, 1.807) is 44.8 Å². The summed E-state index contributed by atoms with van der Waals surface area (Å²) in [5, 5.41) is 4.14. The summed E-state index contributed by atoms with van der Waals surface area (Å²) in [7, 11) is 3.13. The number of amides is 1. The van der Waals surface area contributed by atoms with E-state index in [9.17, 15) is 4.79 Å². The summed E-state index contributed by atoms with van der Waals surface area (Å²) in [6.45, 7) is 1.24. The van der Waals surface area contributed by atoms with Gasteiger partial charge in [0.05, 0.1) is 25.3 Å². The standard InChI is InChI=1S/C21H22N4O4/c1-27-16-5-6-17(18(12-16)28-2)21(26)25-10-7-14(8-11-25)19-23-20(29-24-19)15-4-3-9-22-13-15/h3-6,9,12-14H,7-8,10-11H2,1-2H3. The number of likely N-dealkylation sites (tertiary alicyclic amines) is 1. The summed E-state index contributed by atoms with van der Waals surface area (Å²) in [5.74, 6) is 2.42. The Morgan fingerprint density at radius 1 is 1.17 bits per heavy atom. The van der Waals surface area contributed by atoms with Gasteiger partial charge in [-0.15, -0.1) is 0 Å². The number of hydrogen-bond donors (Lipinski definition) is 0. The number of ether oxygens (including phenoxy) is 2. The highest BCUT2D eigenvalue weighted by Crippen LogP contribution is 2.31. The second-order valence-corrected chi connectivity index (χ2v) is 6.83. The van der Waals surface area contributed by atoms with Crippen LogP contribution in [0.4, 0.5) is 0 Å². The predicted octanol–water partition coefficient (Wildman–Crippen LogP) is 3.17. The molecule has 3 heterocycles. The van der Waals surface area contributed by atoms with Crippen LogP contribution in [0.5, 0.6) is 11.5 Å². The van der Waals surface area contributed by atoms with Gasteiger partial charge in [-0.05, 0) is 37.1 Å². The quantitative estimate of drug-likeness (QED) is 0.656. The van der Waals surface area contributed by atoms with E-state index >= 15 is 0 Å². The van der Waals surface area contributed by atoms with Gasteiger partial charge >= 0.3 is 0 Å². The molecule has 0 radical (unpaired) electrons. The van der Waals surface area contributed by atoms with Gasteiger partial charge in [0.15, 0.2) is 5.82 Å². The first-order valence-corrected chi connectivity index (χ1v) is 9.45. The van der Waals surface area contributed by atoms with Crippen LogP contribution in [0.15, 0.2) is 47.2 Å². The van der Waals surface area contributed by atoms with Crippen molar-refractivity contribution >= 4 is 5.91 Å². The molecule has 0 atom stereocenters. The van der Waals surface area contributed by atoms with Crippen molar-refractivity contribution in [3.8, 4) is 23.0 Å². The van der Waals surface area contributed by atoms with Gasteiger partial charge in [-0.3, -0.25) is 9.78 Å². The minimum atomic E-state index is -0.0490. The van der Waals surface area contributed by atoms with Gasteiger partial charge in [0.1, 0.15) is 11.5 Å². The predicted molar refractivity (Wildman–Crippen MR) is 105 cm³/mol. The third-order valence-corrected chi connectivity index (χ3v) is 5.14. The fourth-order valence-electron chi connectivity index (χ4n) is 3.49. The first-order valence-electron chi connectivity index (χ1n) is 9.45. The minimum absolute atomic E-state index is 0.0490. The average molecular weight is 394 g/mol. The van der Waals surface area contributed by atoms with E-state index in [4.69, 9.17) is 14.0 Å². The van der Waals surface area contributed by atoms with Crippen molar-refractivity contribution in [3.05, 3.63) is 54.1 Å². The molecule has 0 N–H and O–H groups in total. The molecule has 1 amide bonds. The van der Waals surface area contributed by atoms with Crippen molar-refractivity contribution in [3.63, 3.8) is 0 Å². The molecule has 1 saturated heterocycles. The molecule has 1 aliphatic heterocycles. The molecule has 0 spiro atoms. The number of piperidine rings is 1. The van der Waals surface area contributed by atoms with E-state index in [2.05, 4.69) is 15.1 Å². The number of hydrogen-bond acceptors (Lipinski definition) is 7. The Balaban J connectivity index is 1.42. The smallest absolute Gasteiger partial charge is 0.259 e. The van der Waals surface area contributed by atoms with Crippen molar-refractivity contribution in [1.29, 1.82) is 0 Å². The number of benzene rings is 1. The second-order valence-electron chi connectivity index (χ2n) is 6.83. The molecule has 2 aromatic heterocycles. The molecule has 8 nitrogen and oxygen atoms in total. The molecule has 1 fully saturated rings. The molecule has 1 aromatic carbocycles. The summed E-state index contributed by atoms with van der Waals surface area (Å²) in [4.78, 5) is 23.4. The average Bonchev–Trinajstić information content (AvgIpc) is 3.29. The summed E-state index contributed by atoms with van der Waals surface area (Å²) in [6.07, 6.45) is 4.94. The summed E-state index contributed by atoms with van der Waals surface area (Å²) in [6, 6.07) is 8.94. The topological polar surface area (TPSA) is 90.6 Å². The van der Waals surface area contributed by atoms with Crippen LogP contribution in [0.2, 0.25) is 0 Å². The molecule has 29 heavy (non-hydrogen) atoms. The summed E-state index contributed by atoms with van der Waals surface area (Å²) >= 11 is 0. The van der Waals surface area contributed by atoms with Gasteiger partial charge in [0.2, 0.25) is 0 Å². The van der Waals surface area contributed by atoms with Crippen LogP contribution in [0, 0.1) is 0 Å².